The molecule has 7 nitrogen and oxygen atoms in total. The van der Waals surface area contributed by atoms with Crippen molar-refractivity contribution in [1.29, 1.82) is 0 Å². The lowest BCUT2D eigenvalue weighted by molar-refractivity contribution is -0.147. The molecule has 1 aliphatic rings. The molecule has 0 aliphatic carbocycles. The summed E-state index contributed by atoms with van der Waals surface area (Å²) in [6.07, 6.45) is -0.105. The molecule has 2 aromatic carbocycles. The number of carboxylic acids is 1. The molecule has 0 aromatic heterocycles. The van der Waals surface area contributed by atoms with Crippen molar-refractivity contribution in [1.82, 2.24) is 4.90 Å². The number of ether oxygens (including phenoxy) is 1. The largest absolute Gasteiger partial charge is 0.480 e. The lowest BCUT2D eigenvalue weighted by Gasteiger charge is -2.36. The van der Waals surface area contributed by atoms with E-state index in [1.807, 2.05) is 0 Å². The number of amides is 2. The first-order valence-electron chi connectivity index (χ1n) is 8.72. The second-order valence-electron chi connectivity index (χ2n) is 6.44. The van der Waals surface area contributed by atoms with E-state index < -0.39 is 18.1 Å². The normalized spacial score (nSPS) is 15.5. The second kappa shape index (κ2) is 8.51. The van der Waals surface area contributed by atoms with E-state index in [1.165, 1.54) is 17.0 Å². The van der Waals surface area contributed by atoms with Gasteiger partial charge in [0.05, 0.1) is 6.42 Å². The van der Waals surface area contributed by atoms with Gasteiger partial charge in [0, 0.05) is 12.2 Å². The number of nitrogens with zero attached hydrogens (tertiary/aromatic N) is 1. The van der Waals surface area contributed by atoms with E-state index in [-0.39, 0.29) is 24.8 Å². The highest BCUT2D eigenvalue weighted by Crippen LogP contribution is 2.19. The Morgan fingerprint density at radius 2 is 1.71 bits per heavy atom. The minimum Gasteiger partial charge on any atom is -0.480 e. The Hall–Kier alpha value is -3.42. The molecule has 2 aromatic rings. The molecule has 2 N–H and O–H groups in total. The smallest absolute Gasteiger partial charge is 0.410 e. The fourth-order valence-electron chi connectivity index (χ4n) is 2.77. The van der Waals surface area contributed by atoms with Crippen LogP contribution in [-0.4, -0.2) is 40.6 Å². The Kier molecular flexibility index (Phi) is 5.88. The van der Waals surface area contributed by atoms with Crippen LogP contribution in [0.1, 0.15) is 17.5 Å². The van der Waals surface area contributed by atoms with Crippen LogP contribution in [0.4, 0.5) is 14.9 Å². The number of benzene rings is 2. The first-order valence-corrected chi connectivity index (χ1v) is 8.72. The summed E-state index contributed by atoms with van der Waals surface area (Å²) >= 11 is 0. The van der Waals surface area contributed by atoms with Crippen molar-refractivity contribution in [2.75, 3.05) is 11.9 Å². The van der Waals surface area contributed by atoms with Crippen LogP contribution < -0.4 is 5.32 Å². The van der Waals surface area contributed by atoms with Crippen molar-refractivity contribution in [3.63, 3.8) is 0 Å². The lowest BCUT2D eigenvalue weighted by Crippen LogP contribution is -2.55. The number of carbonyl (C=O) groups is 3. The van der Waals surface area contributed by atoms with Gasteiger partial charge in [-0.3, -0.25) is 9.69 Å². The lowest BCUT2D eigenvalue weighted by atomic mass is 10.1. The summed E-state index contributed by atoms with van der Waals surface area (Å²) in [6, 6.07) is 11.7. The molecule has 0 saturated carbocycles. The predicted octanol–water partition coefficient (Wildman–Crippen LogP) is 2.80. The highest BCUT2D eigenvalue weighted by molar-refractivity contribution is 5.92. The monoisotopic (exact) mass is 386 g/mol. The molecule has 1 heterocycles. The molecule has 28 heavy (non-hydrogen) atoms. The standard InChI is InChI=1S/C20H19FN2O5/c21-15-5-1-13(2-6-15)11-18(24)22-16-7-3-14(4-8-16)12-28-20(27)23-10-9-17(23)19(25)26/h1-8,17H,9-12H2,(H,22,24)(H,25,26)/t17-/m0/s1. The van der Waals surface area contributed by atoms with Crippen molar-refractivity contribution in [2.24, 2.45) is 0 Å². The topological polar surface area (TPSA) is 95.9 Å². The molecule has 2 amide bonds. The Morgan fingerprint density at radius 1 is 1.07 bits per heavy atom. The van der Waals surface area contributed by atoms with Crippen LogP contribution in [0.25, 0.3) is 0 Å². The average Bonchev–Trinajstić information content (AvgIpc) is 2.61. The van der Waals surface area contributed by atoms with Crippen LogP contribution in [0.5, 0.6) is 0 Å². The van der Waals surface area contributed by atoms with Crippen molar-refractivity contribution in [2.45, 2.75) is 25.5 Å². The van der Waals surface area contributed by atoms with Gasteiger partial charge in [-0.2, -0.15) is 0 Å². The van der Waals surface area contributed by atoms with Crippen LogP contribution in [0, 0.1) is 5.82 Å². The molecule has 0 radical (unpaired) electrons. The third-order valence-corrected chi connectivity index (χ3v) is 4.42. The third-order valence-electron chi connectivity index (χ3n) is 4.42. The van der Waals surface area contributed by atoms with Crippen LogP contribution in [0.3, 0.4) is 0 Å². The molecular formula is C20H19FN2O5. The van der Waals surface area contributed by atoms with Gasteiger partial charge in [-0.1, -0.05) is 24.3 Å². The maximum absolute atomic E-state index is 12.9. The molecule has 146 valence electrons. The van der Waals surface area contributed by atoms with Crippen LogP contribution in [0.15, 0.2) is 48.5 Å². The second-order valence-corrected chi connectivity index (χ2v) is 6.44. The summed E-state index contributed by atoms with van der Waals surface area (Å²) in [5.41, 5.74) is 1.99. The number of aliphatic carboxylic acids is 1. The molecule has 0 unspecified atom stereocenters. The number of carboxylic acid groups (broad SMARTS) is 1. The van der Waals surface area contributed by atoms with Crippen molar-refractivity contribution in [3.05, 3.63) is 65.5 Å². The maximum Gasteiger partial charge on any atom is 0.410 e. The molecule has 1 aliphatic heterocycles. The molecule has 1 saturated heterocycles. The summed E-state index contributed by atoms with van der Waals surface area (Å²) in [7, 11) is 0. The number of anilines is 1. The van der Waals surface area contributed by atoms with E-state index in [1.54, 1.807) is 36.4 Å². The molecule has 0 spiro atoms. The van der Waals surface area contributed by atoms with Gasteiger partial charge in [-0.05, 0) is 41.8 Å². The zero-order valence-corrected chi connectivity index (χ0v) is 14.9. The van der Waals surface area contributed by atoms with Gasteiger partial charge in [0.25, 0.3) is 0 Å². The molecule has 1 atom stereocenters. The van der Waals surface area contributed by atoms with Crippen LogP contribution >= 0.6 is 0 Å². The first kappa shape index (κ1) is 19.3. The number of likely N-dealkylation sites (tertiary alicyclic amines) is 1. The van der Waals surface area contributed by atoms with E-state index in [0.717, 1.165) is 0 Å². The number of hydrogen-bond donors (Lipinski definition) is 2. The van der Waals surface area contributed by atoms with Crippen LogP contribution in [-0.2, 0) is 27.4 Å². The Labute approximate surface area is 160 Å². The van der Waals surface area contributed by atoms with Crippen molar-refractivity contribution < 1.29 is 28.6 Å². The predicted molar refractivity (Wildman–Crippen MR) is 98.1 cm³/mol. The highest BCUT2D eigenvalue weighted by Gasteiger charge is 2.38. The number of nitrogens with one attached hydrogen (secondary N) is 1. The highest BCUT2D eigenvalue weighted by atomic mass is 19.1. The fourth-order valence-corrected chi connectivity index (χ4v) is 2.77. The zero-order valence-electron chi connectivity index (χ0n) is 14.9. The summed E-state index contributed by atoms with van der Waals surface area (Å²) in [5.74, 6) is -1.62. The number of hydrogen-bond acceptors (Lipinski definition) is 4. The fraction of sp³-hybridized carbons (Fsp3) is 0.250. The Balaban J connectivity index is 1.46. The van der Waals surface area contributed by atoms with E-state index in [9.17, 15) is 18.8 Å². The Morgan fingerprint density at radius 3 is 2.29 bits per heavy atom. The van der Waals surface area contributed by atoms with Gasteiger partial charge in [0.1, 0.15) is 18.5 Å². The minimum atomic E-state index is -1.04. The third kappa shape index (κ3) is 4.85. The van der Waals surface area contributed by atoms with E-state index in [4.69, 9.17) is 9.84 Å². The van der Waals surface area contributed by atoms with Crippen molar-refractivity contribution in [3.8, 4) is 0 Å². The summed E-state index contributed by atoms with van der Waals surface area (Å²) in [5, 5.41) is 11.7. The summed E-state index contributed by atoms with van der Waals surface area (Å²) in [4.78, 5) is 36.0. The summed E-state index contributed by atoms with van der Waals surface area (Å²) in [6.45, 7) is 0.375. The molecule has 1 fully saturated rings. The van der Waals surface area contributed by atoms with Crippen molar-refractivity contribution >= 4 is 23.7 Å². The van der Waals surface area contributed by atoms with E-state index in [2.05, 4.69) is 5.32 Å². The first-order chi connectivity index (χ1) is 13.4. The van der Waals surface area contributed by atoms with Gasteiger partial charge in [-0.15, -0.1) is 0 Å². The quantitative estimate of drug-likeness (QED) is 0.796. The molecule has 8 heteroatoms. The van der Waals surface area contributed by atoms with Gasteiger partial charge in [0.15, 0.2) is 0 Å². The van der Waals surface area contributed by atoms with E-state index in [0.29, 0.717) is 29.8 Å². The SMILES string of the molecule is O=C(Cc1ccc(F)cc1)Nc1ccc(COC(=O)N2CC[C@H]2C(=O)O)cc1. The summed E-state index contributed by atoms with van der Waals surface area (Å²) < 4.78 is 18.0. The number of halogens is 1. The van der Waals surface area contributed by atoms with Gasteiger partial charge in [-0.25, -0.2) is 14.0 Å². The van der Waals surface area contributed by atoms with Gasteiger partial charge in [0.2, 0.25) is 5.91 Å². The number of rotatable bonds is 6. The van der Waals surface area contributed by atoms with Crippen LogP contribution in [0.2, 0.25) is 0 Å². The van der Waals surface area contributed by atoms with Gasteiger partial charge < -0.3 is 15.2 Å². The maximum atomic E-state index is 12.9. The zero-order chi connectivity index (χ0) is 20.1. The Bertz CT molecular complexity index is 867. The average molecular weight is 386 g/mol. The molecule has 0 bridgehead atoms. The molecular weight excluding hydrogens is 367 g/mol. The number of carbonyl (C=O) groups excluding carboxylic acids is 2. The van der Waals surface area contributed by atoms with E-state index >= 15 is 0 Å². The van der Waals surface area contributed by atoms with Gasteiger partial charge >= 0.3 is 12.1 Å². The molecule has 3 rings (SSSR count). The minimum absolute atomic E-state index is 0.00543.